The SMILES string of the molecule is CCCCOCCn1c(C)nc2cc(C(=O)O)ccc21. The van der Waals surface area contributed by atoms with E-state index in [1.807, 2.05) is 13.0 Å². The largest absolute Gasteiger partial charge is 0.478 e. The monoisotopic (exact) mass is 276 g/mol. The molecule has 108 valence electrons. The number of hydrogen-bond acceptors (Lipinski definition) is 3. The normalized spacial score (nSPS) is 11.1. The summed E-state index contributed by atoms with van der Waals surface area (Å²) < 4.78 is 7.63. The van der Waals surface area contributed by atoms with Gasteiger partial charge < -0.3 is 14.4 Å². The maximum Gasteiger partial charge on any atom is 0.335 e. The van der Waals surface area contributed by atoms with E-state index in [1.165, 1.54) is 0 Å². The maximum atomic E-state index is 11.0. The fourth-order valence-electron chi connectivity index (χ4n) is 2.17. The molecule has 0 radical (unpaired) electrons. The molecule has 0 spiro atoms. The molecule has 0 atom stereocenters. The van der Waals surface area contributed by atoms with Gasteiger partial charge in [-0.05, 0) is 31.5 Å². The minimum Gasteiger partial charge on any atom is -0.478 e. The summed E-state index contributed by atoms with van der Waals surface area (Å²) in [6.45, 7) is 6.22. The molecule has 0 aliphatic heterocycles. The Bertz CT molecular complexity index is 604. The molecule has 1 aromatic carbocycles. The second kappa shape index (κ2) is 6.52. The van der Waals surface area contributed by atoms with E-state index in [9.17, 15) is 4.79 Å². The summed E-state index contributed by atoms with van der Waals surface area (Å²) in [5.41, 5.74) is 1.93. The van der Waals surface area contributed by atoms with Gasteiger partial charge in [0.1, 0.15) is 5.82 Å². The fourth-order valence-corrected chi connectivity index (χ4v) is 2.17. The zero-order valence-corrected chi connectivity index (χ0v) is 11.9. The Morgan fingerprint density at radius 3 is 2.90 bits per heavy atom. The standard InChI is InChI=1S/C15H20N2O3/c1-3-4-8-20-9-7-17-11(2)16-13-10-12(15(18)19)5-6-14(13)17/h5-6,10H,3-4,7-9H2,1-2H3,(H,18,19). The summed E-state index contributed by atoms with van der Waals surface area (Å²) >= 11 is 0. The second-order valence-corrected chi connectivity index (χ2v) is 4.79. The Hall–Kier alpha value is -1.88. The van der Waals surface area contributed by atoms with E-state index in [0.717, 1.165) is 42.9 Å². The number of ether oxygens (including phenoxy) is 1. The first-order valence-electron chi connectivity index (χ1n) is 6.91. The van der Waals surface area contributed by atoms with Crippen LogP contribution in [0.5, 0.6) is 0 Å². The van der Waals surface area contributed by atoms with E-state index in [1.54, 1.807) is 12.1 Å². The summed E-state index contributed by atoms with van der Waals surface area (Å²) in [6.07, 6.45) is 2.20. The van der Waals surface area contributed by atoms with Crippen LogP contribution in [0.1, 0.15) is 35.9 Å². The Morgan fingerprint density at radius 1 is 1.40 bits per heavy atom. The Labute approximate surface area is 118 Å². The predicted molar refractivity (Wildman–Crippen MR) is 77.2 cm³/mol. The van der Waals surface area contributed by atoms with Crippen LogP contribution in [-0.2, 0) is 11.3 Å². The van der Waals surface area contributed by atoms with E-state index in [0.29, 0.717) is 6.61 Å². The van der Waals surface area contributed by atoms with Gasteiger partial charge in [-0.25, -0.2) is 9.78 Å². The third kappa shape index (κ3) is 3.17. The third-order valence-corrected chi connectivity index (χ3v) is 3.29. The van der Waals surface area contributed by atoms with E-state index in [2.05, 4.69) is 16.5 Å². The molecule has 2 rings (SSSR count). The van der Waals surface area contributed by atoms with Crippen LogP contribution in [0.2, 0.25) is 0 Å². The lowest BCUT2D eigenvalue weighted by molar-refractivity contribution is 0.0697. The molecule has 0 saturated carbocycles. The maximum absolute atomic E-state index is 11.0. The van der Waals surface area contributed by atoms with Gasteiger partial charge in [-0.2, -0.15) is 0 Å². The minimum atomic E-state index is -0.929. The Kier molecular flexibility index (Phi) is 4.74. The molecule has 20 heavy (non-hydrogen) atoms. The van der Waals surface area contributed by atoms with Crippen LogP contribution < -0.4 is 0 Å². The van der Waals surface area contributed by atoms with Gasteiger partial charge in [0, 0.05) is 13.2 Å². The molecule has 0 unspecified atom stereocenters. The number of benzene rings is 1. The highest BCUT2D eigenvalue weighted by Crippen LogP contribution is 2.17. The lowest BCUT2D eigenvalue weighted by Gasteiger charge is -2.07. The number of carboxylic acid groups (broad SMARTS) is 1. The highest BCUT2D eigenvalue weighted by molar-refractivity contribution is 5.92. The van der Waals surface area contributed by atoms with Gasteiger partial charge in [-0.15, -0.1) is 0 Å². The van der Waals surface area contributed by atoms with Crippen molar-refractivity contribution >= 4 is 17.0 Å². The van der Waals surface area contributed by atoms with Gasteiger partial charge in [-0.1, -0.05) is 13.3 Å². The second-order valence-electron chi connectivity index (χ2n) is 4.79. The number of aromatic carboxylic acids is 1. The van der Waals surface area contributed by atoms with E-state index >= 15 is 0 Å². The van der Waals surface area contributed by atoms with Crippen molar-refractivity contribution in [3.63, 3.8) is 0 Å². The van der Waals surface area contributed by atoms with E-state index < -0.39 is 5.97 Å². The summed E-state index contributed by atoms with van der Waals surface area (Å²) in [5.74, 6) is -0.0522. The van der Waals surface area contributed by atoms with Crippen molar-refractivity contribution in [2.24, 2.45) is 0 Å². The van der Waals surface area contributed by atoms with Crippen LogP contribution in [0, 0.1) is 6.92 Å². The van der Waals surface area contributed by atoms with Crippen LogP contribution in [0.15, 0.2) is 18.2 Å². The topological polar surface area (TPSA) is 64.4 Å². The Balaban J connectivity index is 2.13. The smallest absolute Gasteiger partial charge is 0.335 e. The first-order valence-corrected chi connectivity index (χ1v) is 6.91. The van der Waals surface area contributed by atoms with Gasteiger partial charge in [-0.3, -0.25) is 0 Å². The van der Waals surface area contributed by atoms with Crippen LogP contribution in [0.25, 0.3) is 11.0 Å². The van der Waals surface area contributed by atoms with Crippen molar-refractivity contribution in [1.82, 2.24) is 9.55 Å². The molecule has 0 bridgehead atoms. The molecular weight excluding hydrogens is 256 g/mol. The van der Waals surface area contributed by atoms with Gasteiger partial charge in [0.05, 0.1) is 23.2 Å². The number of unbranched alkanes of at least 4 members (excludes halogenated alkanes) is 1. The van der Waals surface area contributed by atoms with Crippen LogP contribution in [0.4, 0.5) is 0 Å². The number of nitrogens with zero attached hydrogens (tertiary/aromatic N) is 2. The molecule has 0 amide bonds. The van der Waals surface area contributed by atoms with Crippen LogP contribution in [0.3, 0.4) is 0 Å². The number of aryl methyl sites for hydroxylation is 1. The highest BCUT2D eigenvalue weighted by Gasteiger charge is 2.10. The van der Waals surface area contributed by atoms with Crippen molar-refractivity contribution in [1.29, 1.82) is 0 Å². The average molecular weight is 276 g/mol. The number of aromatic nitrogens is 2. The molecule has 0 aliphatic carbocycles. The van der Waals surface area contributed by atoms with Gasteiger partial charge in [0.25, 0.3) is 0 Å². The molecule has 2 aromatic rings. The molecule has 5 heteroatoms. The number of carboxylic acids is 1. The quantitative estimate of drug-likeness (QED) is 0.790. The first-order chi connectivity index (χ1) is 9.63. The van der Waals surface area contributed by atoms with Crippen molar-refractivity contribution in [2.75, 3.05) is 13.2 Å². The summed E-state index contributed by atoms with van der Waals surface area (Å²) in [5, 5.41) is 8.99. The van der Waals surface area contributed by atoms with Crippen molar-refractivity contribution in [3.05, 3.63) is 29.6 Å². The zero-order valence-electron chi connectivity index (χ0n) is 11.9. The van der Waals surface area contributed by atoms with E-state index in [4.69, 9.17) is 9.84 Å². The van der Waals surface area contributed by atoms with Gasteiger partial charge >= 0.3 is 5.97 Å². The van der Waals surface area contributed by atoms with Crippen molar-refractivity contribution in [2.45, 2.75) is 33.2 Å². The van der Waals surface area contributed by atoms with Gasteiger partial charge in [0.2, 0.25) is 0 Å². The van der Waals surface area contributed by atoms with E-state index in [-0.39, 0.29) is 5.56 Å². The number of imidazole rings is 1. The molecule has 5 nitrogen and oxygen atoms in total. The molecule has 1 N–H and O–H groups in total. The van der Waals surface area contributed by atoms with Crippen molar-refractivity contribution < 1.29 is 14.6 Å². The Morgan fingerprint density at radius 2 is 2.20 bits per heavy atom. The number of carbonyl (C=O) groups is 1. The molecule has 0 aliphatic rings. The number of hydrogen-bond donors (Lipinski definition) is 1. The predicted octanol–water partition coefficient (Wildman–Crippen LogP) is 2.86. The molecule has 1 aromatic heterocycles. The summed E-state index contributed by atoms with van der Waals surface area (Å²) in [6, 6.07) is 5.03. The lowest BCUT2D eigenvalue weighted by Crippen LogP contribution is -2.08. The van der Waals surface area contributed by atoms with Crippen LogP contribution >= 0.6 is 0 Å². The molecule has 0 fully saturated rings. The molecule has 1 heterocycles. The lowest BCUT2D eigenvalue weighted by atomic mass is 10.2. The minimum absolute atomic E-state index is 0.265. The van der Waals surface area contributed by atoms with Gasteiger partial charge in [0.15, 0.2) is 0 Å². The fraction of sp³-hybridized carbons (Fsp3) is 0.467. The molecular formula is C15H20N2O3. The van der Waals surface area contributed by atoms with Crippen LogP contribution in [-0.4, -0.2) is 33.8 Å². The number of rotatable bonds is 7. The highest BCUT2D eigenvalue weighted by atomic mass is 16.5. The third-order valence-electron chi connectivity index (χ3n) is 3.29. The first kappa shape index (κ1) is 14.5. The molecule has 0 saturated heterocycles. The zero-order chi connectivity index (χ0) is 14.5. The summed E-state index contributed by atoms with van der Waals surface area (Å²) in [4.78, 5) is 15.4. The van der Waals surface area contributed by atoms with Crippen molar-refractivity contribution in [3.8, 4) is 0 Å². The average Bonchev–Trinajstić information content (AvgIpc) is 2.73. The summed E-state index contributed by atoms with van der Waals surface area (Å²) in [7, 11) is 0. The number of fused-ring (bicyclic) bond motifs is 1.